The zero-order valence-corrected chi connectivity index (χ0v) is 7.68. The molecule has 0 heterocycles. The molecule has 0 radical (unpaired) electrons. The van der Waals surface area contributed by atoms with Crippen molar-refractivity contribution in [3.05, 3.63) is 0 Å². The number of carbonyl (C=O) groups excluding carboxylic acids is 5. The Kier molecular flexibility index (Phi) is 9.81. The monoisotopic (exact) mass is 263 g/mol. The van der Waals surface area contributed by atoms with Gasteiger partial charge in [0.25, 0.3) is 0 Å². The summed E-state index contributed by atoms with van der Waals surface area (Å²) in [6, 6.07) is 0. The van der Waals surface area contributed by atoms with E-state index in [1.165, 1.54) is 0 Å². The van der Waals surface area contributed by atoms with Crippen LogP contribution in [0.4, 0.5) is 0 Å². The van der Waals surface area contributed by atoms with E-state index in [1.807, 2.05) is 0 Å². The van der Waals surface area contributed by atoms with Crippen LogP contribution in [0.5, 0.6) is 0 Å². The molecule has 5 nitrogen and oxygen atoms in total. The van der Waals surface area contributed by atoms with Gasteiger partial charge < -0.3 is 0 Å². The van der Waals surface area contributed by atoms with Gasteiger partial charge >= 0.3 is 78.4 Å². The van der Waals surface area contributed by atoms with E-state index in [1.54, 1.807) is 0 Å². The van der Waals surface area contributed by atoms with Crippen LogP contribution in [0.15, 0.2) is 0 Å². The minimum absolute atomic E-state index is 0.109. The van der Waals surface area contributed by atoms with Gasteiger partial charge in [0.2, 0.25) is 0 Å². The second kappa shape index (κ2) is 8.46. The van der Waals surface area contributed by atoms with Crippen LogP contribution in [0.1, 0.15) is 0 Å². The number of rotatable bonds is 4. The van der Waals surface area contributed by atoms with Crippen LogP contribution >= 0.6 is 0 Å². The molecule has 0 N–H and O–H groups in total. The summed E-state index contributed by atoms with van der Waals surface area (Å²) in [7, 11) is 0. The van der Waals surface area contributed by atoms with Gasteiger partial charge in [0, 0.05) is 0 Å². The normalized spacial score (nSPS) is 9.83. The zero-order valence-electron chi connectivity index (χ0n) is 5.59. The Labute approximate surface area is 78.6 Å². The van der Waals surface area contributed by atoms with Gasteiger partial charge in [-0.15, -0.1) is 0 Å². The number of hydrogen-bond acceptors (Lipinski definition) is 5. The molecule has 0 fully saturated rings. The molecule has 0 saturated heterocycles. The third-order valence-corrected chi connectivity index (χ3v) is 2.24. The van der Waals surface area contributed by atoms with Crippen LogP contribution in [0.2, 0.25) is 0 Å². The Morgan fingerprint density at radius 3 is 0.917 bits per heavy atom. The molecule has 0 aliphatic heterocycles. The SMILES string of the molecule is O=[CH][Co].O=[CH][Co]([CH]=O)([CH]=O)[CH]=O. The van der Waals surface area contributed by atoms with E-state index in [2.05, 4.69) is 15.7 Å². The van der Waals surface area contributed by atoms with Crippen LogP contribution in [0.3, 0.4) is 0 Å². The van der Waals surface area contributed by atoms with Gasteiger partial charge in [-0.2, -0.15) is 0 Å². The fourth-order valence-electron chi connectivity index (χ4n) is 0.111. The van der Waals surface area contributed by atoms with Gasteiger partial charge in [-0.05, 0) is 0 Å². The van der Waals surface area contributed by atoms with Crippen molar-refractivity contribution in [1.82, 2.24) is 0 Å². The molecule has 0 aliphatic carbocycles. The van der Waals surface area contributed by atoms with E-state index >= 15 is 0 Å². The van der Waals surface area contributed by atoms with Gasteiger partial charge in [0.05, 0.1) is 0 Å². The second-order valence-electron chi connectivity index (χ2n) is 1.06. The first kappa shape index (κ1) is 13.9. The average Bonchev–Trinajstić information content (AvgIpc) is 2.11. The topological polar surface area (TPSA) is 85.3 Å². The Morgan fingerprint density at radius 1 is 0.750 bits per heavy atom. The fraction of sp³-hybridized carbons (Fsp3) is 0. The molecular formula is C5H5Co2O5. The first-order chi connectivity index (χ1) is 5.66. The molecule has 0 aliphatic rings. The molecule has 0 spiro atoms. The Balaban J connectivity index is 0. The fourth-order valence-corrected chi connectivity index (χ4v) is 0.458. The molecule has 0 bridgehead atoms. The molecule has 0 unspecified atom stereocenters. The maximum absolute atomic E-state index is 9.88. The van der Waals surface area contributed by atoms with Crippen LogP contribution in [0.25, 0.3) is 0 Å². The van der Waals surface area contributed by atoms with E-state index in [-0.39, 0.29) is 20.9 Å². The third-order valence-electron chi connectivity index (χ3n) is 0.544. The summed E-state index contributed by atoms with van der Waals surface area (Å²) < 4.78 is 0. The van der Waals surface area contributed by atoms with Crippen molar-refractivity contribution in [2.45, 2.75) is 0 Å². The summed E-state index contributed by atoms with van der Waals surface area (Å²) in [4.78, 5) is 48.2. The third kappa shape index (κ3) is 5.07. The van der Waals surface area contributed by atoms with Crippen LogP contribution in [-0.2, 0) is 52.3 Å². The van der Waals surface area contributed by atoms with Gasteiger partial charge in [0.15, 0.2) is 0 Å². The molecule has 0 amide bonds. The van der Waals surface area contributed by atoms with Crippen molar-refractivity contribution in [1.29, 1.82) is 0 Å². The first-order valence-electron chi connectivity index (χ1n) is 2.14. The molecule has 12 heavy (non-hydrogen) atoms. The summed E-state index contributed by atoms with van der Waals surface area (Å²) in [5, 5.41) is 0.875. The van der Waals surface area contributed by atoms with Gasteiger partial charge in [-0.1, -0.05) is 0 Å². The molecule has 0 aromatic carbocycles. The molecule has 0 saturated carbocycles. The van der Waals surface area contributed by atoms with Crippen LogP contribution in [-0.4, -0.2) is 26.1 Å². The number of hydrogen-bond donors (Lipinski definition) is 0. The van der Waals surface area contributed by atoms with Gasteiger partial charge in [-0.3, -0.25) is 0 Å². The van der Waals surface area contributed by atoms with Crippen molar-refractivity contribution in [2.24, 2.45) is 0 Å². The summed E-state index contributed by atoms with van der Waals surface area (Å²) in [5.41, 5.74) is 0. The molecular weight excluding hydrogens is 258 g/mol. The molecule has 0 atom stereocenters. The predicted molar refractivity (Wildman–Crippen MR) is 33.8 cm³/mol. The second-order valence-corrected chi connectivity index (χ2v) is 4.37. The summed E-state index contributed by atoms with van der Waals surface area (Å²) in [6.45, 7) is 0. The minimum atomic E-state index is -3.12. The van der Waals surface area contributed by atoms with Crippen molar-refractivity contribution in [3.63, 3.8) is 0 Å². The summed E-state index contributed by atoms with van der Waals surface area (Å²) in [5.74, 6) is 0. The Morgan fingerprint density at radius 2 is 0.917 bits per heavy atom. The van der Waals surface area contributed by atoms with Gasteiger partial charge in [0.1, 0.15) is 0 Å². The zero-order chi connectivity index (χ0) is 10.0. The van der Waals surface area contributed by atoms with E-state index in [4.69, 9.17) is 4.79 Å². The van der Waals surface area contributed by atoms with Crippen molar-refractivity contribution >= 4 is 26.1 Å². The van der Waals surface area contributed by atoms with Gasteiger partial charge in [-0.25, -0.2) is 0 Å². The van der Waals surface area contributed by atoms with Crippen molar-refractivity contribution < 1.29 is 52.3 Å². The van der Waals surface area contributed by atoms with E-state index in [0.717, 1.165) is 0 Å². The molecule has 73 valence electrons. The summed E-state index contributed by atoms with van der Waals surface area (Å²) in [6.07, 6.45) is 0. The summed E-state index contributed by atoms with van der Waals surface area (Å²) >= 11 is 0.0208. The quantitative estimate of drug-likeness (QED) is 0.584. The molecule has 0 aromatic rings. The van der Waals surface area contributed by atoms with Crippen molar-refractivity contribution in [2.75, 3.05) is 0 Å². The van der Waals surface area contributed by atoms with E-state index in [0.29, 0.717) is 5.22 Å². The first-order valence-corrected chi connectivity index (χ1v) is 5.15. The Hall–Kier alpha value is -0.637. The van der Waals surface area contributed by atoms with Crippen LogP contribution in [0, 0.1) is 0 Å². The number of carbonyl (C=O) groups is 5. The van der Waals surface area contributed by atoms with Crippen LogP contribution < -0.4 is 0 Å². The average molecular weight is 263 g/mol. The predicted octanol–water partition coefficient (Wildman–Crippen LogP) is -1.38. The molecule has 7 heteroatoms. The maximum atomic E-state index is 9.88. The molecule has 0 rings (SSSR count). The standard InChI is InChI=1S/5CHO.2Co/c5*1-2;;/h5*1H;;. The van der Waals surface area contributed by atoms with E-state index < -0.39 is 12.6 Å². The van der Waals surface area contributed by atoms with E-state index in [9.17, 15) is 19.2 Å². The molecule has 0 aromatic heterocycles. The van der Waals surface area contributed by atoms with Crippen molar-refractivity contribution in [3.8, 4) is 0 Å². The Bertz CT molecular complexity index is 153.